The van der Waals surface area contributed by atoms with Crippen molar-refractivity contribution in [1.82, 2.24) is 0 Å². The third-order valence-electron chi connectivity index (χ3n) is 1.71. The molecule has 0 atom stereocenters. The molecule has 1 rings (SSSR count). The van der Waals surface area contributed by atoms with E-state index in [4.69, 9.17) is 0 Å². The van der Waals surface area contributed by atoms with Gasteiger partial charge in [0.2, 0.25) is 0 Å². The lowest BCUT2D eigenvalue weighted by atomic mass is 10.2. The van der Waals surface area contributed by atoms with Crippen LogP contribution in [0.4, 0.5) is 5.69 Å². The Bertz CT molecular complexity index is 316. The molecule has 3 heteroatoms. The van der Waals surface area contributed by atoms with Crippen molar-refractivity contribution >= 4 is 12.2 Å². The first-order valence-electron chi connectivity index (χ1n) is 5.25. The van der Waals surface area contributed by atoms with Crippen molar-refractivity contribution in [2.24, 2.45) is 0 Å². The highest BCUT2D eigenvalue weighted by molar-refractivity contribution is 5.44. The van der Waals surface area contributed by atoms with Gasteiger partial charge < -0.3 is 10.1 Å². The Balaban J connectivity index is 0.000000293. The van der Waals surface area contributed by atoms with Crippen molar-refractivity contribution in [2.45, 2.75) is 33.3 Å². The number of ether oxygens (including phenoxy) is 1. The fraction of sp³-hybridized carbons (Fsp3) is 0.462. The van der Waals surface area contributed by atoms with Gasteiger partial charge in [0.1, 0.15) is 5.60 Å². The predicted octanol–water partition coefficient (Wildman–Crippen LogP) is 2.99. The highest BCUT2D eigenvalue weighted by atomic mass is 16.5. The lowest BCUT2D eigenvalue weighted by molar-refractivity contribution is -0.138. The molecule has 1 N–H and O–H groups in total. The maximum Gasteiger partial charge on any atom is 0.293 e. The minimum absolute atomic E-state index is 0.318. The van der Waals surface area contributed by atoms with Gasteiger partial charge in [0.05, 0.1) is 0 Å². The van der Waals surface area contributed by atoms with E-state index in [1.807, 2.05) is 40.0 Å². The molecule has 0 saturated heterocycles. The van der Waals surface area contributed by atoms with Gasteiger partial charge in [-0.25, -0.2) is 0 Å². The summed E-state index contributed by atoms with van der Waals surface area (Å²) in [6.07, 6.45) is 0. The molecular formula is C13H21NO2. The normalized spacial score (nSPS) is 9.81. The monoisotopic (exact) mass is 223 g/mol. The third-order valence-corrected chi connectivity index (χ3v) is 1.71. The Labute approximate surface area is 97.8 Å². The second-order valence-corrected chi connectivity index (χ2v) is 4.45. The predicted molar refractivity (Wildman–Crippen MR) is 67.6 cm³/mol. The summed E-state index contributed by atoms with van der Waals surface area (Å²) in [6.45, 7) is 8.00. The molecule has 0 aliphatic rings. The first-order valence-corrected chi connectivity index (χ1v) is 5.25. The summed E-state index contributed by atoms with van der Waals surface area (Å²) in [5.41, 5.74) is 2.15. The van der Waals surface area contributed by atoms with Crippen LogP contribution in [0, 0.1) is 6.92 Å². The van der Waals surface area contributed by atoms with Crippen LogP contribution < -0.4 is 5.32 Å². The van der Waals surface area contributed by atoms with E-state index in [-0.39, 0.29) is 5.60 Å². The standard InChI is InChI=1S/C8H11N.C5H10O2/c1-7-4-3-5-8(6-7)9-2;1-5(2,3)7-4-6/h3-6,9H,1-2H3;4H,1-3H3. The third kappa shape index (κ3) is 7.85. The largest absolute Gasteiger partial charge is 0.462 e. The zero-order chi connectivity index (χ0) is 12.6. The first-order chi connectivity index (χ1) is 7.39. The molecule has 0 spiro atoms. The molecule has 0 aliphatic carbocycles. The first kappa shape index (κ1) is 14.5. The fourth-order valence-electron chi connectivity index (χ4n) is 0.945. The summed E-state index contributed by atoms with van der Waals surface area (Å²) in [5.74, 6) is 0. The van der Waals surface area contributed by atoms with Crippen LogP contribution in [0.3, 0.4) is 0 Å². The van der Waals surface area contributed by atoms with Crippen LogP contribution in [0.15, 0.2) is 24.3 Å². The summed E-state index contributed by atoms with van der Waals surface area (Å²) in [5, 5.41) is 3.07. The Kier molecular flexibility index (Phi) is 6.23. The van der Waals surface area contributed by atoms with Crippen molar-refractivity contribution < 1.29 is 9.53 Å². The van der Waals surface area contributed by atoms with Crippen molar-refractivity contribution in [2.75, 3.05) is 12.4 Å². The van der Waals surface area contributed by atoms with Crippen molar-refractivity contribution in [1.29, 1.82) is 0 Å². The highest BCUT2D eigenvalue weighted by Crippen LogP contribution is 2.07. The number of hydrogen-bond acceptors (Lipinski definition) is 3. The molecule has 0 aliphatic heterocycles. The van der Waals surface area contributed by atoms with Crippen LogP contribution in [0.1, 0.15) is 26.3 Å². The maximum absolute atomic E-state index is 9.60. The zero-order valence-corrected chi connectivity index (χ0v) is 10.7. The molecule has 0 saturated carbocycles. The van der Waals surface area contributed by atoms with Crippen LogP contribution in [0.25, 0.3) is 0 Å². The van der Waals surface area contributed by atoms with Crippen LogP contribution in [-0.4, -0.2) is 19.1 Å². The van der Waals surface area contributed by atoms with Gasteiger partial charge in [-0.05, 0) is 45.4 Å². The Hall–Kier alpha value is -1.51. The average Bonchev–Trinajstić information content (AvgIpc) is 2.17. The molecule has 0 heterocycles. The second-order valence-electron chi connectivity index (χ2n) is 4.45. The van der Waals surface area contributed by atoms with Gasteiger partial charge in [0.25, 0.3) is 6.47 Å². The fourth-order valence-corrected chi connectivity index (χ4v) is 0.945. The number of benzene rings is 1. The molecule has 0 bridgehead atoms. The van der Waals surface area contributed by atoms with Gasteiger partial charge in [0.15, 0.2) is 0 Å². The average molecular weight is 223 g/mol. The van der Waals surface area contributed by atoms with Gasteiger partial charge in [-0.15, -0.1) is 0 Å². The lowest BCUT2D eigenvalue weighted by Crippen LogP contribution is -2.17. The topological polar surface area (TPSA) is 38.3 Å². The number of carbonyl (C=O) groups is 1. The van der Waals surface area contributed by atoms with E-state index in [2.05, 4.69) is 29.1 Å². The van der Waals surface area contributed by atoms with Crippen LogP contribution in [0.5, 0.6) is 0 Å². The molecule has 90 valence electrons. The number of aryl methyl sites for hydroxylation is 1. The highest BCUT2D eigenvalue weighted by Gasteiger charge is 2.07. The van der Waals surface area contributed by atoms with Gasteiger partial charge in [-0.2, -0.15) is 0 Å². The van der Waals surface area contributed by atoms with Gasteiger partial charge in [0, 0.05) is 12.7 Å². The summed E-state index contributed by atoms with van der Waals surface area (Å²) in [4.78, 5) is 9.60. The minimum atomic E-state index is -0.318. The number of carbonyl (C=O) groups excluding carboxylic acids is 1. The van der Waals surface area contributed by atoms with E-state index in [0.29, 0.717) is 6.47 Å². The van der Waals surface area contributed by atoms with E-state index in [1.54, 1.807) is 0 Å². The summed E-state index contributed by atoms with van der Waals surface area (Å²) >= 11 is 0. The Morgan fingerprint density at radius 2 is 1.94 bits per heavy atom. The van der Waals surface area contributed by atoms with E-state index in [1.165, 1.54) is 11.3 Å². The number of hydrogen-bond donors (Lipinski definition) is 1. The Morgan fingerprint density at radius 1 is 1.31 bits per heavy atom. The molecular weight excluding hydrogens is 202 g/mol. The van der Waals surface area contributed by atoms with Crippen molar-refractivity contribution in [3.63, 3.8) is 0 Å². The van der Waals surface area contributed by atoms with Crippen molar-refractivity contribution in [3.05, 3.63) is 29.8 Å². The number of rotatable bonds is 2. The van der Waals surface area contributed by atoms with E-state index in [9.17, 15) is 4.79 Å². The van der Waals surface area contributed by atoms with E-state index in [0.717, 1.165) is 0 Å². The molecule has 1 aromatic rings. The molecule has 3 nitrogen and oxygen atoms in total. The lowest BCUT2D eigenvalue weighted by Gasteiger charge is -2.14. The second kappa shape index (κ2) is 6.88. The molecule has 16 heavy (non-hydrogen) atoms. The van der Waals surface area contributed by atoms with Crippen molar-refractivity contribution in [3.8, 4) is 0 Å². The maximum atomic E-state index is 9.60. The smallest absolute Gasteiger partial charge is 0.293 e. The van der Waals surface area contributed by atoms with Crippen LogP contribution >= 0.6 is 0 Å². The van der Waals surface area contributed by atoms with E-state index >= 15 is 0 Å². The van der Waals surface area contributed by atoms with E-state index < -0.39 is 0 Å². The molecule has 1 aromatic carbocycles. The van der Waals surface area contributed by atoms with Gasteiger partial charge >= 0.3 is 0 Å². The van der Waals surface area contributed by atoms with Crippen LogP contribution in [0.2, 0.25) is 0 Å². The van der Waals surface area contributed by atoms with Gasteiger partial charge in [-0.1, -0.05) is 12.1 Å². The molecule has 0 fully saturated rings. The Morgan fingerprint density at radius 3 is 2.19 bits per heavy atom. The zero-order valence-electron chi connectivity index (χ0n) is 10.7. The van der Waals surface area contributed by atoms with Gasteiger partial charge in [-0.3, -0.25) is 4.79 Å². The summed E-state index contributed by atoms with van der Waals surface area (Å²) in [6, 6.07) is 8.29. The SMILES string of the molecule is CC(C)(C)OC=O.CNc1cccc(C)c1. The minimum Gasteiger partial charge on any atom is -0.462 e. The summed E-state index contributed by atoms with van der Waals surface area (Å²) in [7, 11) is 1.93. The van der Waals surface area contributed by atoms with Crippen LogP contribution in [-0.2, 0) is 9.53 Å². The quantitative estimate of drug-likeness (QED) is 0.783. The molecule has 0 unspecified atom stereocenters. The molecule has 0 aromatic heterocycles. The number of nitrogens with one attached hydrogen (secondary N) is 1. The molecule has 0 amide bonds. The molecule has 0 radical (unpaired) electrons. The number of anilines is 1. The summed E-state index contributed by atoms with van der Waals surface area (Å²) < 4.78 is 4.55.